The average molecular weight is 502 g/mol. The number of aryl methyl sites for hydroxylation is 3. The van der Waals surface area contributed by atoms with E-state index in [2.05, 4.69) is 4.99 Å². The highest BCUT2D eigenvalue weighted by molar-refractivity contribution is 7.89. The van der Waals surface area contributed by atoms with Gasteiger partial charge in [0.1, 0.15) is 12.6 Å². The van der Waals surface area contributed by atoms with E-state index in [-0.39, 0.29) is 18.0 Å². The molecule has 1 fully saturated rings. The summed E-state index contributed by atoms with van der Waals surface area (Å²) in [5.41, 5.74) is 3.87. The van der Waals surface area contributed by atoms with Crippen LogP contribution in [0.4, 0.5) is 0 Å². The third-order valence-corrected chi connectivity index (χ3v) is 9.10. The summed E-state index contributed by atoms with van der Waals surface area (Å²) in [5, 5.41) is 0. The standard InChI is InChI=1S/C24H27N3O5S2/c1-15-7-9-18(10-8-15)34(30,31)27-11-5-6-19(27)23(29)25-24-26(14-22(28)32-4)20-12-16(2)17(3)13-21(20)33-24/h7-10,12-13,19H,5-6,11,14H2,1-4H3. The molecule has 1 saturated heterocycles. The first-order valence-corrected chi connectivity index (χ1v) is 13.2. The fourth-order valence-corrected chi connectivity index (χ4v) is 6.81. The van der Waals surface area contributed by atoms with Gasteiger partial charge in [0.05, 0.1) is 22.2 Å². The minimum Gasteiger partial charge on any atom is -0.468 e. The molecule has 8 nitrogen and oxygen atoms in total. The molecule has 2 aromatic carbocycles. The molecule has 1 aliphatic rings. The number of methoxy groups -OCH3 is 1. The summed E-state index contributed by atoms with van der Waals surface area (Å²) in [7, 11) is -2.53. The number of sulfonamides is 1. The van der Waals surface area contributed by atoms with Crippen LogP contribution in [0.25, 0.3) is 10.2 Å². The second kappa shape index (κ2) is 9.44. The van der Waals surface area contributed by atoms with Crippen LogP contribution in [-0.4, -0.2) is 48.9 Å². The molecule has 0 N–H and O–H groups in total. The van der Waals surface area contributed by atoms with Crippen LogP contribution < -0.4 is 4.80 Å². The first kappa shape index (κ1) is 24.3. The van der Waals surface area contributed by atoms with E-state index in [1.54, 1.807) is 28.8 Å². The van der Waals surface area contributed by atoms with Gasteiger partial charge in [0.25, 0.3) is 5.91 Å². The van der Waals surface area contributed by atoms with E-state index in [1.807, 2.05) is 32.9 Å². The molecule has 0 spiro atoms. The molecule has 10 heteroatoms. The molecule has 180 valence electrons. The molecule has 0 radical (unpaired) electrons. The Kier molecular flexibility index (Phi) is 6.75. The molecule has 2 heterocycles. The number of hydrogen-bond donors (Lipinski definition) is 0. The summed E-state index contributed by atoms with van der Waals surface area (Å²) in [5.74, 6) is -0.997. The zero-order valence-electron chi connectivity index (χ0n) is 19.6. The quantitative estimate of drug-likeness (QED) is 0.501. The maximum absolute atomic E-state index is 13.3. The number of thiazole rings is 1. The van der Waals surface area contributed by atoms with Crippen molar-refractivity contribution in [3.05, 3.63) is 57.9 Å². The Hall–Kier alpha value is -2.82. The highest BCUT2D eigenvalue weighted by Crippen LogP contribution is 2.27. The van der Waals surface area contributed by atoms with E-state index in [0.717, 1.165) is 26.9 Å². The molecule has 0 aliphatic carbocycles. The summed E-state index contributed by atoms with van der Waals surface area (Å²) < 4.78 is 35.1. The number of amides is 1. The van der Waals surface area contributed by atoms with E-state index in [9.17, 15) is 18.0 Å². The van der Waals surface area contributed by atoms with Gasteiger partial charge in [-0.2, -0.15) is 9.30 Å². The lowest BCUT2D eigenvalue weighted by molar-refractivity contribution is -0.141. The van der Waals surface area contributed by atoms with Crippen molar-refractivity contribution < 1.29 is 22.7 Å². The van der Waals surface area contributed by atoms with E-state index >= 15 is 0 Å². The zero-order chi connectivity index (χ0) is 24.6. The Balaban J connectivity index is 1.75. The van der Waals surface area contributed by atoms with Gasteiger partial charge >= 0.3 is 5.97 Å². The predicted molar refractivity (Wildman–Crippen MR) is 130 cm³/mol. The highest BCUT2D eigenvalue weighted by atomic mass is 32.2. The summed E-state index contributed by atoms with van der Waals surface area (Å²) in [6.07, 6.45) is 0.970. The Morgan fingerprint density at radius 2 is 1.79 bits per heavy atom. The lowest BCUT2D eigenvalue weighted by atomic mass is 10.1. The molecule has 1 amide bonds. The third kappa shape index (κ3) is 4.57. The van der Waals surface area contributed by atoms with Gasteiger partial charge in [-0.25, -0.2) is 8.42 Å². The topological polar surface area (TPSA) is 98.0 Å². The van der Waals surface area contributed by atoms with Gasteiger partial charge < -0.3 is 9.30 Å². The number of esters is 1. The SMILES string of the molecule is COC(=O)Cn1c(=NC(=O)C2CCCN2S(=O)(=O)c2ccc(C)cc2)sc2cc(C)c(C)cc21. The van der Waals surface area contributed by atoms with Crippen molar-refractivity contribution >= 4 is 43.5 Å². The molecule has 34 heavy (non-hydrogen) atoms. The normalized spacial score (nSPS) is 17.4. The molecule has 1 unspecified atom stereocenters. The van der Waals surface area contributed by atoms with Gasteiger partial charge in [0, 0.05) is 6.54 Å². The smallest absolute Gasteiger partial charge is 0.325 e. The maximum atomic E-state index is 13.3. The average Bonchev–Trinajstić information content (AvgIpc) is 3.41. The maximum Gasteiger partial charge on any atom is 0.325 e. The van der Waals surface area contributed by atoms with Crippen molar-refractivity contribution in [2.75, 3.05) is 13.7 Å². The fraction of sp³-hybridized carbons (Fsp3) is 0.375. The van der Waals surface area contributed by atoms with Gasteiger partial charge in [-0.1, -0.05) is 29.0 Å². The molecular weight excluding hydrogens is 474 g/mol. The van der Waals surface area contributed by atoms with Crippen molar-refractivity contribution in [3.8, 4) is 0 Å². The van der Waals surface area contributed by atoms with Crippen LogP contribution in [0.1, 0.15) is 29.5 Å². The number of rotatable bonds is 5. The summed E-state index contributed by atoms with van der Waals surface area (Å²) in [6, 6.07) is 9.66. The van der Waals surface area contributed by atoms with Gasteiger partial charge in [-0.05, 0) is 69.0 Å². The number of aromatic nitrogens is 1. The van der Waals surface area contributed by atoms with Crippen LogP contribution in [0, 0.1) is 20.8 Å². The first-order valence-electron chi connectivity index (χ1n) is 11.0. The molecule has 3 aromatic rings. The van der Waals surface area contributed by atoms with E-state index in [4.69, 9.17) is 4.74 Å². The molecule has 1 aromatic heterocycles. The van der Waals surface area contributed by atoms with Crippen molar-refractivity contribution in [2.24, 2.45) is 4.99 Å². The Bertz CT molecular complexity index is 1440. The van der Waals surface area contributed by atoms with Crippen molar-refractivity contribution in [1.82, 2.24) is 8.87 Å². The monoisotopic (exact) mass is 501 g/mol. The van der Waals surface area contributed by atoms with E-state index in [0.29, 0.717) is 17.6 Å². The number of ether oxygens (including phenoxy) is 1. The molecule has 0 saturated carbocycles. The minimum absolute atomic E-state index is 0.0961. The van der Waals surface area contributed by atoms with Gasteiger partial charge in [-0.3, -0.25) is 9.59 Å². The Labute approximate surface area is 202 Å². The van der Waals surface area contributed by atoms with E-state index < -0.39 is 27.9 Å². The summed E-state index contributed by atoms with van der Waals surface area (Å²) >= 11 is 1.29. The first-order chi connectivity index (χ1) is 16.1. The second-order valence-electron chi connectivity index (χ2n) is 8.49. The van der Waals surface area contributed by atoms with Crippen LogP contribution in [0.3, 0.4) is 0 Å². The molecule has 4 rings (SSSR count). The van der Waals surface area contributed by atoms with Crippen molar-refractivity contribution in [2.45, 2.75) is 51.1 Å². The minimum atomic E-state index is -3.84. The number of carbonyl (C=O) groups excluding carboxylic acids is 2. The van der Waals surface area contributed by atoms with Crippen molar-refractivity contribution in [3.63, 3.8) is 0 Å². The van der Waals surface area contributed by atoms with Crippen LogP contribution in [-0.2, 0) is 30.9 Å². The Morgan fingerprint density at radius 3 is 2.47 bits per heavy atom. The number of nitrogens with zero attached hydrogens (tertiary/aromatic N) is 3. The Morgan fingerprint density at radius 1 is 1.12 bits per heavy atom. The lowest BCUT2D eigenvalue weighted by Crippen LogP contribution is -2.40. The highest BCUT2D eigenvalue weighted by Gasteiger charge is 2.39. The number of benzene rings is 2. The van der Waals surface area contributed by atoms with Crippen molar-refractivity contribution in [1.29, 1.82) is 0 Å². The van der Waals surface area contributed by atoms with Gasteiger partial charge in [-0.15, -0.1) is 0 Å². The summed E-state index contributed by atoms with van der Waals surface area (Å²) in [4.78, 5) is 30.2. The summed E-state index contributed by atoms with van der Waals surface area (Å²) in [6.45, 7) is 6.02. The number of carbonyl (C=O) groups is 2. The largest absolute Gasteiger partial charge is 0.468 e. The van der Waals surface area contributed by atoms with Gasteiger partial charge in [0.2, 0.25) is 10.0 Å². The van der Waals surface area contributed by atoms with E-state index in [1.165, 1.54) is 22.8 Å². The fourth-order valence-electron chi connectivity index (χ4n) is 4.04. The van der Waals surface area contributed by atoms with Crippen LogP contribution >= 0.6 is 11.3 Å². The predicted octanol–water partition coefficient (Wildman–Crippen LogP) is 3.08. The lowest BCUT2D eigenvalue weighted by Gasteiger charge is -2.21. The molecular formula is C24H27N3O5S2. The number of fused-ring (bicyclic) bond motifs is 1. The van der Waals surface area contributed by atoms with Gasteiger partial charge in [0.15, 0.2) is 4.80 Å². The van der Waals surface area contributed by atoms with Crippen LogP contribution in [0.15, 0.2) is 46.3 Å². The zero-order valence-corrected chi connectivity index (χ0v) is 21.2. The third-order valence-electron chi connectivity index (χ3n) is 6.14. The molecule has 1 atom stereocenters. The van der Waals surface area contributed by atoms with Crippen LogP contribution in [0.2, 0.25) is 0 Å². The van der Waals surface area contributed by atoms with Crippen LogP contribution in [0.5, 0.6) is 0 Å². The second-order valence-corrected chi connectivity index (χ2v) is 11.4. The molecule has 0 bridgehead atoms. The number of hydrogen-bond acceptors (Lipinski definition) is 6. The molecule has 1 aliphatic heterocycles.